The van der Waals surface area contributed by atoms with Crippen molar-refractivity contribution < 1.29 is 57.2 Å². The molecule has 0 aliphatic carbocycles. The van der Waals surface area contributed by atoms with E-state index in [9.17, 15) is 28.8 Å². The van der Waals surface area contributed by atoms with Gasteiger partial charge in [-0.1, -0.05) is 181 Å². The molecule has 12 nitrogen and oxygen atoms in total. The molecular weight excluding hydrogens is 961 g/mol. The van der Waals surface area contributed by atoms with E-state index in [1.807, 2.05) is 0 Å². The zero-order valence-corrected chi connectivity index (χ0v) is 48.6. The van der Waals surface area contributed by atoms with Crippen LogP contribution < -0.4 is 0 Å². The average molecular weight is 1070 g/mol. The van der Waals surface area contributed by atoms with Crippen molar-refractivity contribution in [1.82, 2.24) is 0 Å². The molecule has 76 heavy (non-hydrogen) atoms. The Bertz CT molecular complexity index is 1520. The monoisotopic (exact) mass is 1070 g/mol. The van der Waals surface area contributed by atoms with E-state index in [0.717, 1.165) is 148 Å². The Hall–Kier alpha value is -4.22. The van der Waals surface area contributed by atoms with Crippen LogP contribution in [0.2, 0.25) is 0 Å². The molecule has 4 atom stereocenters. The van der Waals surface area contributed by atoms with E-state index in [0.29, 0.717) is 38.5 Å². The Balaban J connectivity index is 4.95. The summed E-state index contributed by atoms with van der Waals surface area (Å²) in [5.74, 6) is -2.41. The molecule has 0 N–H and O–H groups in total. The van der Waals surface area contributed by atoms with E-state index < -0.39 is 30.0 Å². The Kier molecular flexibility index (Phi) is 51.1. The number of allylic oxidation sites excluding steroid dienone is 2. The molecule has 0 saturated carbocycles. The maximum Gasteiger partial charge on any atom is 0.330 e. The van der Waals surface area contributed by atoms with E-state index in [4.69, 9.17) is 28.4 Å². The Morgan fingerprint density at radius 2 is 0.592 bits per heavy atom. The minimum absolute atomic E-state index is 0.0935. The van der Waals surface area contributed by atoms with Crippen LogP contribution in [0.5, 0.6) is 0 Å². The van der Waals surface area contributed by atoms with E-state index >= 15 is 0 Å². The highest BCUT2D eigenvalue weighted by atomic mass is 16.6. The predicted octanol–water partition coefficient (Wildman–Crippen LogP) is 16.9. The molecule has 0 aromatic heterocycles. The SMILES string of the molecule is C=CC(=O)OC(CCCCCCCCC)CCCCCCCC(=O)OCC(COC(=O)CCCCCCCC(CCCC(CCCCC)OC(=O)C=C)OC(=O)C=C)OC(=O)CCCCCCCC=CCCCCCC. The van der Waals surface area contributed by atoms with Gasteiger partial charge in [0.1, 0.15) is 31.5 Å². The van der Waals surface area contributed by atoms with Gasteiger partial charge < -0.3 is 28.4 Å². The highest BCUT2D eigenvalue weighted by Crippen LogP contribution is 2.21. The number of rotatable bonds is 56. The zero-order chi connectivity index (χ0) is 56.0. The summed E-state index contributed by atoms with van der Waals surface area (Å²) in [5, 5.41) is 0. The fraction of sp³-hybridized carbons (Fsp3) is 0.781. The van der Waals surface area contributed by atoms with E-state index in [1.165, 1.54) is 76.0 Å². The first-order valence-corrected chi connectivity index (χ1v) is 30.7. The molecule has 0 aliphatic rings. The first-order valence-electron chi connectivity index (χ1n) is 30.7. The summed E-state index contributed by atoms with van der Waals surface area (Å²) in [6, 6.07) is 0. The number of carbonyl (C=O) groups is 6. The lowest BCUT2D eigenvalue weighted by Crippen LogP contribution is -2.30. The van der Waals surface area contributed by atoms with Gasteiger partial charge >= 0.3 is 35.8 Å². The number of esters is 6. The fourth-order valence-electron chi connectivity index (χ4n) is 9.15. The minimum Gasteiger partial charge on any atom is -0.462 e. The van der Waals surface area contributed by atoms with E-state index in [2.05, 4.69) is 52.7 Å². The number of hydrogen-bond acceptors (Lipinski definition) is 12. The molecule has 0 radical (unpaired) electrons. The lowest BCUT2D eigenvalue weighted by molar-refractivity contribution is -0.167. The largest absolute Gasteiger partial charge is 0.462 e. The number of ether oxygens (including phenoxy) is 6. The van der Waals surface area contributed by atoms with Crippen LogP contribution in [0.15, 0.2) is 50.1 Å². The van der Waals surface area contributed by atoms with Crippen molar-refractivity contribution in [3.63, 3.8) is 0 Å². The number of carbonyl (C=O) groups excluding carboxylic acids is 6. The topological polar surface area (TPSA) is 158 Å². The van der Waals surface area contributed by atoms with Crippen LogP contribution in [0.4, 0.5) is 0 Å². The standard InChI is InChI=1S/C64H110O12/c1-7-13-16-18-20-21-22-23-24-25-27-33-42-52-64(70)76-58(53-71-62(68)50-40-34-28-31-38-46-55(73-59(65)10-4)45-37-30-26-19-17-14-8-2)54-72-63(69)51-41-35-29-32-39-47-57(75-61(67)12-6)49-43-48-56(44-36-15-9-3)74-60(66)11-5/h10-12,21-22,55-58H,4-9,13-20,23-54H2,1-3H3. The molecule has 0 fully saturated rings. The van der Waals surface area contributed by atoms with Gasteiger partial charge in [-0.2, -0.15) is 0 Å². The van der Waals surface area contributed by atoms with Gasteiger partial charge in [-0.05, 0) is 116 Å². The maximum absolute atomic E-state index is 12.9. The van der Waals surface area contributed by atoms with Gasteiger partial charge in [-0.15, -0.1) is 0 Å². The maximum atomic E-state index is 12.9. The number of unbranched alkanes of at least 4 members (excludes halogenated alkanes) is 25. The van der Waals surface area contributed by atoms with Crippen molar-refractivity contribution in [2.45, 2.75) is 308 Å². The van der Waals surface area contributed by atoms with Crippen LogP contribution in [-0.4, -0.2) is 73.4 Å². The van der Waals surface area contributed by atoms with Crippen molar-refractivity contribution in [3.05, 3.63) is 50.1 Å². The molecule has 0 amide bonds. The molecule has 0 aromatic rings. The first-order chi connectivity index (χ1) is 37.0. The third-order valence-electron chi connectivity index (χ3n) is 13.8. The summed E-state index contributed by atoms with van der Waals surface area (Å²) in [5.41, 5.74) is 0. The highest BCUT2D eigenvalue weighted by molar-refractivity contribution is 5.82. The lowest BCUT2D eigenvalue weighted by atomic mass is 10.00. The molecule has 0 spiro atoms. The van der Waals surface area contributed by atoms with Crippen LogP contribution in [0.25, 0.3) is 0 Å². The Morgan fingerprint density at radius 1 is 0.316 bits per heavy atom. The molecule has 4 unspecified atom stereocenters. The molecule has 0 rings (SSSR count). The van der Waals surface area contributed by atoms with Crippen LogP contribution in [0.3, 0.4) is 0 Å². The molecule has 438 valence electrons. The van der Waals surface area contributed by atoms with Crippen molar-refractivity contribution in [1.29, 1.82) is 0 Å². The molecule has 0 aliphatic heterocycles. The van der Waals surface area contributed by atoms with E-state index in [-0.39, 0.29) is 62.7 Å². The molecule has 0 saturated heterocycles. The quantitative estimate of drug-likeness (QED) is 0.0187. The van der Waals surface area contributed by atoms with Gasteiger partial charge in [-0.3, -0.25) is 14.4 Å². The van der Waals surface area contributed by atoms with Crippen LogP contribution in [0.1, 0.15) is 284 Å². The van der Waals surface area contributed by atoms with Gasteiger partial charge in [0.25, 0.3) is 0 Å². The summed E-state index contributed by atoms with van der Waals surface area (Å²) in [7, 11) is 0. The smallest absolute Gasteiger partial charge is 0.330 e. The van der Waals surface area contributed by atoms with Gasteiger partial charge in [0.15, 0.2) is 6.10 Å². The number of hydrogen-bond donors (Lipinski definition) is 0. The normalized spacial score (nSPS) is 12.8. The second-order valence-corrected chi connectivity index (χ2v) is 20.8. The third-order valence-corrected chi connectivity index (χ3v) is 13.8. The van der Waals surface area contributed by atoms with Gasteiger partial charge in [-0.25, -0.2) is 14.4 Å². The molecule has 12 heteroatoms. The molecule has 0 heterocycles. The summed E-state index contributed by atoms with van der Waals surface area (Å²) in [6.07, 6.45) is 45.2. The minimum atomic E-state index is -0.893. The Morgan fingerprint density at radius 3 is 0.961 bits per heavy atom. The lowest BCUT2D eigenvalue weighted by Gasteiger charge is -2.20. The van der Waals surface area contributed by atoms with Crippen LogP contribution in [0, 0.1) is 0 Å². The van der Waals surface area contributed by atoms with Gasteiger partial charge in [0.2, 0.25) is 0 Å². The zero-order valence-electron chi connectivity index (χ0n) is 48.6. The second-order valence-electron chi connectivity index (χ2n) is 20.8. The van der Waals surface area contributed by atoms with Crippen LogP contribution >= 0.6 is 0 Å². The molecule has 0 bridgehead atoms. The average Bonchev–Trinajstić information content (AvgIpc) is 3.41. The van der Waals surface area contributed by atoms with Gasteiger partial charge in [0.05, 0.1) is 0 Å². The van der Waals surface area contributed by atoms with Crippen molar-refractivity contribution >= 4 is 35.8 Å². The van der Waals surface area contributed by atoms with E-state index in [1.54, 1.807) is 0 Å². The summed E-state index contributed by atoms with van der Waals surface area (Å²) < 4.78 is 33.7. The summed E-state index contributed by atoms with van der Waals surface area (Å²) in [6.45, 7) is 16.8. The predicted molar refractivity (Wildman–Crippen MR) is 307 cm³/mol. The first kappa shape index (κ1) is 71.8. The fourth-order valence-corrected chi connectivity index (χ4v) is 9.15. The summed E-state index contributed by atoms with van der Waals surface area (Å²) >= 11 is 0. The highest BCUT2D eigenvalue weighted by Gasteiger charge is 2.21. The Labute approximate surface area is 463 Å². The van der Waals surface area contributed by atoms with Crippen molar-refractivity contribution in [2.24, 2.45) is 0 Å². The van der Waals surface area contributed by atoms with Crippen LogP contribution in [-0.2, 0) is 57.2 Å². The molecule has 0 aromatic carbocycles. The third kappa shape index (κ3) is 48.2. The second kappa shape index (κ2) is 54.1. The molecular formula is C64H110O12. The van der Waals surface area contributed by atoms with Gasteiger partial charge in [0, 0.05) is 37.5 Å². The van der Waals surface area contributed by atoms with Crippen molar-refractivity contribution in [2.75, 3.05) is 13.2 Å². The summed E-state index contributed by atoms with van der Waals surface area (Å²) in [4.78, 5) is 74.5. The van der Waals surface area contributed by atoms with Crippen molar-refractivity contribution in [3.8, 4) is 0 Å².